The third kappa shape index (κ3) is 3.22. The van der Waals surface area contributed by atoms with Gasteiger partial charge in [0.05, 0.1) is 11.6 Å². The quantitative estimate of drug-likeness (QED) is 0.768. The van der Waals surface area contributed by atoms with Crippen molar-refractivity contribution in [3.63, 3.8) is 0 Å². The van der Waals surface area contributed by atoms with E-state index >= 15 is 0 Å². The summed E-state index contributed by atoms with van der Waals surface area (Å²) in [5, 5.41) is 7.45. The summed E-state index contributed by atoms with van der Waals surface area (Å²) < 4.78 is 15.3. The van der Waals surface area contributed by atoms with Crippen molar-refractivity contribution in [1.29, 1.82) is 0 Å². The van der Waals surface area contributed by atoms with Crippen LogP contribution in [0.4, 0.5) is 4.39 Å². The Hall–Kier alpha value is -2.67. The van der Waals surface area contributed by atoms with Gasteiger partial charge in [0.2, 0.25) is 0 Å². The molecule has 1 N–H and O–H groups in total. The van der Waals surface area contributed by atoms with Crippen LogP contribution in [0.3, 0.4) is 0 Å². The molecule has 4 rings (SSSR count). The summed E-state index contributed by atoms with van der Waals surface area (Å²) in [6.45, 7) is 0. The number of aromatic nitrogens is 3. The fourth-order valence-corrected chi connectivity index (χ4v) is 4.23. The van der Waals surface area contributed by atoms with E-state index in [0.29, 0.717) is 11.3 Å². The maximum Gasteiger partial charge on any atom is 0.255 e. The number of rotatable bonds is 3. The van der Waals surface area contributed by atoms with Gasteiger partial charge in [0, 0.05) is 41.8 Å². The van der Waals surface area contributed by atoms with Crippen LogP contribution in [0.15, 0.2) is 53.8 Å². The standard InChI is InChI=1S/C19H17FN4OS/c1-24-11-15(18(23-24)12-3-2-7-21-10-12)19(25)22-16-6-8-26-17-5-4-13(20)9-14(16)17/h2-5,7,9-11,16H,6,8H2,1H3,(H,22,25)/t16-/m1/s1. The van der Waals surface area contributed by atoms with E-state index in [1.165, 1.54) is 12.1 Å². The highest BCUT2D eigenvalue weighted by Crippen LogP contribution is 2.36. The minimum atomic E-state index is -0.289. The van der Waals surface area contributed by atoms with Crippen LogP contribution in [0, 0.1) is 5.82 Å². The zero-order chi connectivity index (χ0) is 18.1. The summed E-state index contributed by atoms with van der Waals surface area (Å²) >= 11 is 1.69. The van der Waals surface area contributed by atoms with Crippen LogP contribution >= 0.6 is 11.8 Å². The summed E-state index contributed by atoms with van der Waals surface area (Å²) in [5.74, 6) is 0.374. The predicted octanol–water partition coefficient (Wildman–Crippen LogP) is 3.59. The molecule has 0 bridgehead atoms. The fraction of sp³-hybridized carbons (Fsp3) is 0.211. The van der Waals surface area contributed by atoms with Gasteiger partial charge in [-0.3, -0.25) is 14.5 Å². The molecule has 26 heavy (non-hydrogen) atoms. The molecule has 132 valence electrons. The molecule has 1 atom stereocenters. The fourth-order valence-electron chi connectivity index (χ4n) is 3.12. The summed E-state index contributed by atoms with van der Waals surface area (Å²) in [6.07, 6.45) is 5.81. The van der Waals surface area contributed by atoms with E-state index in [0.717, 1.165) is 28.2 Å². The molecule has 0 saturated heterocycles. The highest BCUT2D eigenvalue weighted by molar-refractivity contribution is 7.99. The highest BCUT2D eigenvalue weighted by Gasteiger charge is 2.25. The minimum Gasteiger partial charge on any atom is -0.345 e. The van der Waals surface area contributed by atoms with Crippen LogP contribution < -0.4 is 5.32 Å². The van der Waals surface area contributed by atoms with Gasteiger partial charge in [-0.25, -0.2) is 4.39 Å². The second kappa shape index (κ2) is 6.92. The normalized spacial score (nSPS) is 16.2. The minimum absolute atomic E-state index is 0.212. The molecule has 3 aromatic rings. The number of fused-ring (bicyclic) bond motifs is 1. The van der Waals surface area contributed by atoms with Crippen LogP contribution in [-0.4, -0.2) is 26.4 Å². The molecule has 0 spiro atoms. The number of pyridine rings is 1. The molecule has 0 radical (unpaired) electrons. The molecular weight excluding hydrogens is 351 g/mol. The maximum atomic E-state index is 13.7. The highest BCUT2D eigenvalue weighted by atomic mass is 32.2. The first kappa shape index (κ1) is 16.8. The summed E-state index contributed by atoms with van der Waals surface area (Å²) in [4.78, 5) is 18.0. The van der Waals surface area contributed by atoms with E-state index in [2.05, 4.69) is 15.4 Å². The average molecular weight is 368 g/mol. The van der Waals surface area contributed by atoms with Gasteiger partial charge < -0.3 is 5.32 Å². The first-order valence-corrected chi connectivity index (χ1v) is 9.27. The summed E-state index contributed by atoms with van der Waals surface area (Å²) in [5.41, 5.74) is 2.68. The van der Waals surface area contributed by atoms with Crippen molar-refractivity contribution in [2.45, 2.75) is 17.4 Å². The number of carbonyl (C=O) groups excluding carboxylic acids is 1. The number of hydrogen-bond acceptors (Lipinski definition) is 4. The first-order valence-electron chi connectivity index (χ1n) is 8.29. The van der Waals surface area contributed by atoms with Crippen molar-refractivity contribution in [2.24, 2.45) is 7.05 Å². The Balaban J connectivity index is 1.64. The molecular formula is C19H17FN4OS. The summed E-state index contributed by atoms with van der Waals surface area (Å²) in [7, 11) is 1.78. The van der Waals surface area contributed by atoms with E-state index in [1.54, 1.807) is 48.1 Å². The smallest absolute Gasteiger partial charge is 0.255 e. The molecule has 3 heterocycles. The van der Waals surface area contributed by atoms with Crippen LogP contribution in [0.25, 0.3) is 11.3 Å². The summed E-state index contributed by atoms with van der Waals surface area (Å²) in [6, 6.07) is 8.21. The number of benzene rings is 1. The van der Waals surface area contributed by atoms with Crippen LogP contribution in [0.1, 0.15) is 28.4 Å². The molecule has 1 amide bonds. The van der Waals surface area contributed by atoms with E-state index in [-0.39, 0.29) is 17.8 Å². The van der Waals surface area contributed by atoms with Crippen molar-refractivity contribution < 1.29 is 9.18 Å². The SMILES string of the molecule is Cn1cc(C(=O)N[C@@H]2CCSc3ccc(F)cc32)c(-c2cccnc2)n1. The Morgan fingerprint density at radius 1 is 1.38 bits per heavy atom. The van der Waals surface area contributed by atoms with Crippen molar-refractivity contribution in [3.05, 3.63) is 65.9 Å². The second-order valence-corrected chi connectivity index (χ2v) is 7.29. The molecule has 1 aromatic carbocycles. The third-order valence-electron chi connectivity index (χ3n) is 4.33. The van der Waals surface area contributed by atoms with Crippen molar-refractivity contribution >= 4 is 17.7 Å². The van der Waals surface area contributed by atoms with Gasteiger partial charge >= 0.3 is 0 Å². The molecule has 7 heteroatoms. The number of aryl methyl sites for hydroxylation is 1. The molecule has 0 unspecified atom stereocenters. The van der Waals surface area contributed by atoms with Gasteiger partial charge in [-0.15, -0.1) is 11.8 Å². The molecule has 1 aliphatic rings. The number of carbonyl (C=O) groups is 1. The number of halogens is 1. The number of nitrogens with zero attached hydrogens (tertiary/aromatic N) is 3. The lowest BCUT2D eigenvalue weighted by atomic mass is 10.0. The molecule has 0 fully saturated rings. The largest absolute Gasteiger partial charge is 0.345 e. The van der Waals surface area contributed by atoms with Crippen LogP contribution in [0.5, 0.6) is 0 Å². The number of hydrogen-bond donors (Lipinski definition) is 1. The Kier molecular flexibility index (Phi) is 4.46. The Morgan fingerprint density at radius 2 is 2.27 bits per heavy atom. The van der Waals surface area contributed by atoms with Gasteiger partial charge in [-0.05, 0) is 42.3 Å². The van der Waals surface area contributed by atoms with Gasteiger partial charge in [-0.2, -0.15) is 5.10 Å². The van der Waals surface area contributed by atoms with E-state index in [9.17, 15) is 9.18 Å². The zero-order valence-electron chi connectivity index (χ0n) is 14.1. The maximum absolute atomic E-state index is 13.7. The topological polar surface area (TPSA) is 59.8 Å². The number of thioether (sulfide) groups is 1. The Labute approximate surface area is 154 Å². The average Bonchev–Trinajstić information content (AvgIpc) is 3.05. The molecule has 0 aliphatic carbocycles. The van der Waals surface area contributed by atoms with E-state index in [1.807, 2.05) is 12.1 Å². The second-order valence-electron chi connectivity index (χ2n) is 6.15. The third-order valence-corrected chi connectivity index (χ3v) is 5.45. The van der Waals surface area contributed by atoms with Crippen LogP contribution in [0.2, 0.25) is 0 Å². The van der Waals surface area contributed by atoms with E-state index in [4.69, 9.17) is 0 Å². The van der Waals surface area contributed by atoms with E-state index < -0.39 is 0 Å². The number of amides is 1. The molecule has 5 nitrogen and oxygen atoms in total. The lowest BCUT2D eigenvalue weighted by Gasteiger charge is -2.26. The van der Waals surface area contributed by atoms with Gasteiger partial charge in [-0.1, -0.05) is 0 Å². The van der Waals surface area contributed by atoms with Gasteiger partial charge in [0.25, 0.3) is 5.91 Å². The first-order chi connectivity index (χ1) is 12.6. The predicted molar refractivity (Wildman–Crippen MR) is 98.4 cm³/mol. The Morgan fingerprint density at radius 3 is 3.08 bits per heavy atom. The number of nitrogens with one attached hydrogen (secondary N) is 1. The molecule has 2 aromatic heterocycles. The lowest BCUT2D eigenvalue weighted by molar-refractivity contribution is 0.0935. The monoisotopic (exact) mass is 368 g/mol. The zero-order valence-corrected chi connectivity index (χ0v) is 15.0. The van der Waals surface area contributed by atoms with Gasteiger partial charge in [0.1, 0.15) is 11.5 Å². The van der Waals surface area contributed by atoms with Crippen molar-refractivity contribution in [1.82, 2.24) is 20.1 Å². The molecule has 1 aliphatic heterocycles. The van der Waals surface area contributed by atoms with Crippen LogP contribution in [-0.2, 0) is 7.05 Å². The Bertz CT molecular complexity index is 957. The lowest BCUT2D eigenvalue weighted by Crippen LogP contribution is -2.30. The molecule has 0 saturated carbocycles. The van der Waals surface area contributed by atoms with Crippen molar-refractivity contribution in [3.8, 4) is 11.3 Å². The van der Waals surface area contributed by atoms with Crippen molar-refractivity contribution in [2.75, 3.05) is 5.75 Å². The van der Waals surface area contributed by atoms with Gasteiger partial charge in [0.15, 0.2) is 0 Å².